The molecule has 86 valence electrons. The Balaban J connectivity index is 1.83. The topological polar surface area (TPSA) is 21.3 Å². The van der Waals surface area contributed by atoms with Gasteiger partial charge in [-0.05, 0) is 18.4 Å². The van der Waals surface area contributed by atoms with E-state index in [4.69, 9.17) is 4.74 Å². The number of hydrogen-bond acceptors (Lipinski definition) is 2. The Labute approximate surface area is 97.0 Å². The molecule has 1 aliphatic carbocycles. The first-order valence-electron chi connectivity index (χ1n) is 6.35. The zero-order chi connectivity index (χ0) is 10.8. The molecule has 0 unspecified atom stereocenters. The Hall–Kier alpha value is -0.860. The van der Waals surface area contributed by atoms with Gasteiger partial charge in [0, 0.05) is 12.0 Å². The first-order valence-corrected chi connectivity index (χ1v) is 6.35. The first kappa shape index (κ1) is 10.3. The highest BCUT2D eigenvalue weighted by Gasteiger charge is 2.36. The van der Waals surface area contributed by atoms with E-state index in [-0.39, 0.29) is 0 Å². The van der Waals surface area contributed by atoms with Crippen molar-refractivity contribution in [2.75, 3.05) is 6.73 Å². The van der Waals surface area contributed by atoms with Crippen LogP contribution < -0.4 is 5.32 Å². The van der Waals surface area contributed by atoms with Gasteiger partial charge in [-0.25, -0.2) is 0 Å². The van der Waals surface area contributed by atoms with Crippen molar-refractivity contribution in [3.63, 3.8) is 0 Å². The molecule has 2 heteroatoms. The smallest absolute Gasteiger partial charge is 0.0974 e. The number of fused-ring (bicyclic) bond motifs is 1. The van der Waals surface area contributed by atoms with Crippen molar-refractivity contribution >= 4 is 0 Å². The normalized spacial score (nSPS) is 34.4. The third-order valence-corrected chi connectivity index (χ3v) is 3.94. The van der Waals surface area contributed by atoms with Crippen LogP contribution in [0, 0.1) is 5.92 Å². The van der Waals surface area contributed by atoms with E-state index in [2.05, 4.69) is 35.6 Å². The summed E-state index contributed by atoms with van der Waals surface area (Å²) in [4.78, 5) is 0. The summed E-state index contributed by atoms with van der Waals surface area (Å²) in [5.41, 5.74) is 1.42. The van der Waals surface area contributed by atoms with Crippen molar-refractivity contribution in [1.29, 1.82) is 0 Å². The average molecular weight is 217 g/mol. The molecule has 1 aromatic rings. The Morgan fingerprint density at radius 2 is 1.88 bits per heavy atom. The quantitative estimate of drug-likeness (QED) is 0.781. The van der Waals surface area contributed by atoms with Gasteiger partial charge in [-0.3, -0.25) is 5.32 Å². The fourth-order valence-corrected chi connectivity index (χ4v) is 3.14. The van der Waals surface area contributed by atoms with Crippen LogP contribution in [-0.2, 0) is 4.74 Å². The molecule has 16 heavy (non-hydrogen) atoms. The maximum atomic E-state index is 5.82. The van der Waals surface area contributed by atoms with Crippen molar-refractivity contribution in [2.24, 2.45) is 5.92 Å². The molecule has 0 radical (unpaired) electrons. The highest BCUT2D eigenvalue weighted by Crippen LogP contribution is 2.38. The molecule has 0 spiro atoms. The average Bonchev–Trinajstić information content (AvgIpc) is 2.39. The molecular formula is C14H19NO. The van der Waals surface area contributed by atoms with Crippen LogP contribution >= 0.6 is 0 Å². The minimum Gasteiger partial charge on any atom is -0.363 e. The summed E-state index contributed by atoms with van der Waals surface area (Å²) in [6, 6.07) is 11.3. The van der Waals surface area contributed by atoms with Gasteiger partial charge in [-0.1, -0.05) is 43.2 Å². The molecule has 1 saturated heterocycles. The first-order chi connectivity index (χ1) is 7.95. The standard InChI is InChI=1S/C14H19NO/c1-2-6-11(7-3-1)14-12-8-4-5-9-13(12)16-10-15-14/h1-3,6-7,12-15H,4-5,8-10H2/t12-,13+,14-/m1/s1. The molecule has 0 bridgehead atoms. The second-order valence-electron chi connectivity index (χ2n) is 4.89. The molecule has 2 nitrogen and oxygen atoms in total. The largest absolute Gasteiger partial charge is 0.363 e. The highest BCUT2D eigenvalue weighted by atomic mass is 16.5. The van der Waals surface area contributed by atoms with Gasteiger partial charge in [0.15, 0.2) is 0 Å². The summed E-state index contributed by atoms with van der Waals surface area (Å²) >= 11 is 0. The molecule has 0 amide bonds. The van der Waals surface area contributed by atoms with Crippen LogP contribution in [0.1, 0.15) is 37.3 Å². The molecule has 2 fully saturated rings. The van der Waals surface area contributed by atoms with E-state index in [0.29, 0.717) is 24.8 Å². The fraction of sp³-hybridized carbons (Fsp3) is 0.571. The molecule has 3 atom stereocenters. The van der Waals surface area contributed by atoms with Crippen molar-refractivity contribution in [1.82, 2.24) is 5.32 Å². The predicted octanol–water partition coefficient (Wildman–Crippen LogP) is 2.86. The van der Waals surface area contributed by atoms with Crippen LogP contribution in [0.3, 0.4) is 0 Å². The van der Waals surface area contributed by atoms with Gasteiger partial charge in [-0.2, -0.15) is 0 Å². The van der Waals surface area contributed by atoms with Crippen LogP contribution in [0.2, 0.25) is 0 Å². The molecular weight excluding hydrogens is 198 g/mol. The number of benzene rings is 1. The molecule has 2 aliphatic rings. The van der Waals surface area contributed by atoms with Crippen LogP contribution in [0.4, 0.5) is 0 Å². The number of nitrogens with one attached hydrogen (secondary N) is 1. The van der Waals surface area contributed by atoms with Crippen molar-refractivity contribution in [2.45, 2.75) is 37.8 Å². The zero-order valence-electron chi connectivity index (χ0n) is 9.56. The molecule has 1 aliphatic heterocycles. The number of rotatable bonds is 1. The van der Waals surface area contributed by atoms with Crippen LogP contribution in [0.5, 0.6) is 0 Å². The summed E-state index contributed by atoms with van der Waals surface area (Å²) < 4.78 is 5.82. The van der Waals surface area contributed by atoms with E-state index in [1.807, 2.05) is 0 Å². The maximum Gasteiger partial charge on any atom is 0.0974 e. The molecule has 1 heterocycles. The SMILES string of the molecule is c1ccc([C@H]2NCO[C@H]3CCCC[C@H]32)cc1. The van der Waals surface area contributed by atoms with E-state index in [9.17, 15) is 0 Å². The monoisotopic (exact) mass is 217 g/mol. The molecule has 1 aromatic carbocycles. The molecule has 1 saturated carbocycles. The fourth-order valence-electron chi connectivity index (χ4n) is 3.14. The van der Waals surface area contributed by atoms with Crippen LogP contribution in [-0.4, -0.2) is 12.8 Å². The molecule has 3 rings (SSSR count). The summed E-state index contributed by atoms with van der Waals surface area (Å²) in [7, 11) is 0. The number of ether oxygens (including phenoxy) is 1. The van der Waals surface area contributed by atoms with Gasteiger partial charge in [0.05, 0.1) is 12.8 Å². The van der Waals surface area contributed by atoms with Gasteiger partial charge in [-0.15, -0.1) is 0 Å². The predicted molar refractivity (Wildman–Crippen MR) is 64.0 cm³/mol. The minimum absolute atomic E-state index is 0.486. The summed E-state index contributed by atoms with van der Waals surface area (Å²) in [5.74, 6) is 0.671. The van der Waals surface area contributed by atoms with Gasteiger partial charge in [0.25, 0.3) is 0 Å². The van der Waals surface area contributed by atoms with Crippen molar-refractivity contribution in [3.05, 3.63) is 35.9 Å². The van der Waals surface area contributed by atoms with E-state index >= 15 is 0 Å². The lowest BCUT2D eigenvalue weighted by Gasteiger charge is -2.42. The van der Waals surface area contributed by atoms with Crippen LogP contribution in [0.15, 0.2) is 30.3 Å². The minimum atomic E-state index is 0.486. The summed E-state index contributed by atoms with van der Waals surface area (Å²) in [5, 5.41) is 3.51. The van der Waals surface area contributed by atoms with E-state index < -0.39 is 0 Å². The second kappa shape index (κ2) is 4.56. The number of hydrogen-bond donors (Lipinski definition) is 1. The van der Waals surface area contributed by atoms with Gasteiger partial charge >= 0.3 is 0 Å². The Morgan fingerprint density at radius 1 is 1.06 bits per heavy atom. The van der Waals surface area contributed by atoms with Gasteiger partial charge in [0.1, 0.15) is 0 Å². The maximum absolute atomic E-state index is 5.82. The van der Waals surface area contributed by atoms with Crippen molar-refractivity contribution < 1.29 is 4.74 Å². The zero-order valence-corrected chi connectivity index (χ0v) is 9.56. The summed E-state index contributed by atoms with van der Waals surface area (Å²) in [6.07, 6.45) is 5.73. The summed E-state index contributed by atoms with van der Waals surface area (Å²) in [6.45, 7) is 0.709. The van der Waals surface area contributed by atoms with Crippen molar-refractivity contribution in [3.8, 4) is 0 Å². The van der Waals surface area contributed by atoms with E-state index in [1.165, 1.54) is 31.2 Å². The molecule has 0 aromatic heterocycles. The Kier molecular flexibility index (Phi) is 2.94. The highest BCUT2D eigenvalue weighted by molar-refractivity contribution is 5.20. The molecule has 1 N–H and O–H groups in total. The third-order valence-electron chi connectivity index (χ3n) is 3.94. The Morgan fingerprint density at radius 3 is 2.75 bits per heavy atom. The lowest BCUT2D eigenvalue weighted by Crippen LogP contribution is -2.45. The second-order valence-corrected chi connectivity index (χ2v) is 4.89. The van der Waals surface area contributed by atoms with E-state index in [0.717, 1.165) is 0 Å². The van der Waals surface area contributed by atoms with Crippen LogP contribution in [0.25, 0.3) is 0 Å². The Bertz CT molecular complexity index is 336. The lowest BCUT2D eigenvalue weighted by atomic mass is 9.78. The lowest BCUT2D eigenvalue weighted by molar-refractivity contribution is -0.0752. The van der Waals surface area contributed by atoms with E-state index in [1.54, 1.807) is 0 Å². The van der Waals surface area contributed by atoms with Gasteiger partial charge < -0.3 is 4.74 Å². The van der Waals surface area contributed by atoms with Gasteiger partial charge in [0.2, 0.25) is 0 Å². The third kappa shape index (κ3) is 1.87.